The molecular weight excluding hydrogens is 268 g/mol. The van der Waals surface area contributed by atoms with E-state index in [1.807, 2.05) is 11.4 Å². The Bertz CT molecular complexity index is 579. The molecule has 0 spiro atoms. The van der Waals surface area contributed by atoms with E-state index in [0.717, 1.165) is 4.88 Å². The Kier molecular flexibility index (Phi) is 4.47. The van der Waals surface area contributed by atoms with E-state index in [-0.39, 0.29) is 12.5 Å². The van der Waals surface area contributed by atoms with Crippen molar-refractivity contribution in [3.8, 4) is 11.8 Å². The number of anilines is 1. The molecule has 2 N–H and O–H groups in total. The number of hydrogen-bond acceptors (Lipinski definition) is 5. The molecule has 2 aromatic heterocycles. The number of amides is 1. The third kappa shape index (κ3) is 3.40. The second kappa shape index (κ2) is 6.31. The Balaban J connectivity index is 1.99. The molecule has 2 rings (SSSR count). The molecule has 0 saturated heterocycles. The first-order valence-corrected chi connectivity index (χ1v) is 6.89. The van der Waals surface area contributed by atoms with Crippen LogP contribution in [-0.2, 0) is 0 Å². The summed E-state index contributed by atoms with van der Waals surface area (Å²) in [5.74, 6) is 5.52. The Morgan fingerprint density at radius 1 is 1.56 bits per heavy atom. The first kappa shape index (κ1) is 12.8. The molecule has 2 heterocycles. The van der Waals surface area contributed by atoms with E-state index in [1.165, 1.54) is 22.7 Å². The standard InChI is InChI=1S/C12H10N2O2S2/c15-6-2-1-4-9-8-13-12(18-9)14-11(16)10-5-3-7-17-10/h3,5,7-8,15H,2,6H2,(H,13,14,16). The fraction of sp³-hybridized carbons (Fsp3) is 0.167. The lowest BCUT2D eigenvalue weighted by atomic mass is 10.4. The highest BCUT2D eigenvalue weighted by molar-refractivity contribution is 7.16. The van der Waals surface area contributed by atoms with E-state index in [9.17, 15) is 4.79 Å². The van der Waals surface area contributed by atoms with Gasteiger partial charge in [0.1, 0.15) is 0 Å². The first-order chi connectivity index (χ1) is 8.79. The number of nitrogens with zero attached hydrogens (tertiary/aromatic N) is 1. The van der Waals surface area contributed by atoms with E-state index in [4.69, 9.17) is 5.11 Å². The molecule has 0 unspecified atom stereocenters. The van der Waals surface area contributed by atoms with Crippen LogP contribution in [0, 0.1) is 11.8 Å². The second-order valence-corrected chi connectivity index (χ2v) is 5.21. The Labute approximate surface area is 112 Å². The van der Waals surface area contributed by atoms with Crippen LogP contribution in [0.1, 0.15) is 21.0 Å². The number of carbonyl (C=O) groups is 1. The van der Waals surface area contributed by atoms with Crippen LogP contribution in [-0.4, -0.2) is 22.6 Å². The maximum absolute atomic E-state index is 11.7. The minimum Gasteiger partial charge on any atom is -0.395 e. The Morgan fingerprint density at radius 2 is 2.44 bits per heavy atom. The molecule has 2 aromatic rings. The predicted octanol–water partition coefficient (Wildman–Crippen LogP) is 2.19. The average molecular weight is 278 g/mol. The van der Waals surface area contributed by atoms with Crippen LogP contribution in [0.3, 0.4) is 0 Å². The summed E-state index contributed by atoms with van der Waals surface area (Å²) in [7, 11) is 0. The van der Waals surface area contributed by atoms with Crippen LogP contribution >= 0.6 is 22.7 Å². The van der Waals surface area contributed by atoms with Crippen molar-refractivity contribution in [2.75, 3.05) is 11.9 Å². The van der Waals surface area contributed by atoms with Crippen LogP contribution in [0.4, 0.5) is 5.13 Å². The van der Waals surface area contributed by atoms with E-state index >= 15 is 0 Å². The van der Waals surface area contributed by atoms with Crippen molar-refractivity contribution < 1.29 is 9.90 Å². The van der Waals surface area contributed by atoms with Crippen molar-refractivity contribution in [2.24, 2.45) is 0 Å². The van der Waals surface area contributed by atoms with Crippen LogP contribution in [0.5, 0.6) is 0 Å². The molecule has 0 saturated carbocycles. The molecular formula is C12H10N2O2S2. The molecule has 0 fully saturated rings. The van der Waals surface area contributed by atoms with Crippen molar-refractivity contribution in [1.29, 1.82) is 0 Å². The summed E-state index contributed by atoms with van der Waals surface area (Å²) >= 11 is 2.70. The van der Waals surface area contributed by atoms with Gasteiger partial charge < -0.3 is 5.11 Å². The smallest absolute Gasteiger partial charge is 0.267 e. The minimum atomic E-state index is -0.158. The average Bonchev–Trinajstić information content (AvgIpc) is 3.00. The summed E-state index contributed by atoms with van der Waals surface area (Å²) in [5.41, 5.74) is 0. The van der Waals surface area contributed by atoms with Gasteiger partial charge in [-0.2, -0.15) is 0 Å². The third-order valence-corrected chi connectivity index (χ3v) is 3.62. The number of hydrogen-bond donors (Lipinski definition) is 2. The lowest BCUT2D eigenvalue weighted by Crippen LogP contribution is -2.09. The van der Waals surface area contributed by atoms with Gasteiger partial charge in [-0.15, -0.1) is 11.3 Å². The Hall–Kier alpha value is -1.68. The number of aliphatic hydroxyl groups is 1. The summed E-state index contributed by atoms with van der Waals surface area (Å²) in [6, 6.07) is 3.59. The van der Waals surface area contributed by atoms with Crippen molar-refractivity contribution in [3.05, 3.63) is 33.5 Å². The normalized spacial score (nSPS) is 9.61. The summed E-state index contributed by atoms with van der Waals surface area (Å²) in [6.07, 6.45) is 2.05. The molecule has 92 valence electrons. The van der Waals surface area contributed by atoms with Crippen molar-refractivity contribution in [2.45, 2.75) is 6.42 Å². The lowest BCUT2D eigenvalue weighted by molar-refractivity contribution is 0.103. The molecule has 0 aliphatic carbocycles. The topological polar surface area (TPSA) is 62.2 Å². The lowest BCUT2D eigenvalue weighted by Gasteiger charge is -1.96. The molecule has 0 aliphatic heterocycles. The molecule has 6 heteroatoms. The number of aromatic nitrogens is 1. The van der Waals surface area contributed by atoms with Crippen LogP contribution in [0.15, 0.2) is 23.7 Å². The van der Waals surface area contributed by atoms with Gasteiger partial charge in [-0.3, -0.25) is 10.1 Å². The van der Waals surface area contributed by atoms with Crippen molar-refractivity contribution >= 4 is 33.7 Å². The van der Waals surface area contributed by atoms with Crippen LogP contribution < -0.4 is 5.32 Å². The zero-order valence-corrected chi connectivity index (χ0v) is 11.0. The van der Waals surface area contributed by atoms with Crippen molar-refractivity contribution in [3.63, 3.8) is 0 Å². The largest absolute Gasteiger partial charge is 0.395 e. The predicted molar refractivity (Wildman–Crippen MR) is 73.0 cm³/mol. The third-order valence-electron chi connectivity index (χ3n) is 1.92. The summed E-state index contributed by atoms with van der Waals surface area (Å²) < 4.78 is 0. The van der Waals surface area contributed by atoms with E-state index in [2.05, 4.69) is 22.1 Å². The maximum atomic E-state index is 11.7. The minimum absolute atomic E-state index is 0.0494. The van der Waals surface area contributed by atoms with Crippen LogP contribution in [0.2, 0.25) is 0 Å². The monoisotopic (exact) mass is 278 g/mol. The summed E-state index contributed by atoms with van der Waals surface area (Å²) in [6.45, 7) is 0.0494. The van der Waals surface area contributed by atoms with Crippen molar-refractivity contribution in [1.82, 2.24) is 4.98 Å². The zero-order chi connectivity index (χ0) is 12.8. The second-order valence-electron chi connectivity index (χ2n) is 3.24. The highest BCUT2D eigenvalue weighted by Gasteiger charge is 2.08. The van der Waals surface area contributed by atoms with E-state index < -0.39 is 0 Å². The van der Waals surface area contributed by atoms with Gasteiger partial charge in [-0.1, -0.05) is 29.2 Å². The number of aliphatic hydroxyl groups excluding tert-OH is 1. The summed E-state index contributed by atoms with van der Waals surface area (Å²) in [4.78, 5) is 17.2. The first-order valence-electron chi connectivity index (χ1n) is 5.20. The molecule has 4 nitrogen and oxygen atoms in total. The number of nitrogens with one attached hydrogen (secondary N) is 1. The highest BCUT2D eigenvalue weighted by atomic mass is 32.1. The highest BCUT2D eigenvalue weighted by Crippen LogP contribution is 2.19. The number of thiophene rings is 1. The molecule has 0 aromatic carbocycles. The zero-order valence-electron chi connectivity index (χ0n) is 9.34. The van der Waals surface area contributed by atoms with Gasteiger partial charge in [-0.05, 0) is 11.4 Å². The number of rotatable bonds is 3. The number of thiazole rings is 1. The fourth-order valence-corrected chi connectivity index (χ4v) is 2.47. The van der Waals surface area contributed by atoms with Gasteiger partial charge in [0.15, 0.2) is 5.13 Å². The molecule has 18 heavy (non-hydrogen) atoms. The quantitative estimate of drug-likeness (QED) is 0.846. The number of carbonyl (C=O) groups excluding carboxylic acids is 1. The molecule has 0 bridgehead atoms. The molecule has 0 atom stereocenters. The van der Waals surface area contributed by atoms with Gasteiger partial charge in [-0.25, -0.2) is 4.98 Å². The van der Waals surface area contributed by atoms with E-state index in [1.54, 1.807) is 12.3 Å². The van der Waals surface area contributed by atoms with Crippen LogP contribution in [0.25, 0.3) is 0 Å². The van der Waals surface area contributed by atoms with Gasteiger partial charge in [0.25, 0.3) is 5.91 Å². The Morgan fingerprint density at radius 3 is 3.17 bits per heavy atom. The molecule has 1 amide bonds. The van der Waals surface area contributed by atoms with Gasteiger partial charge in [0.05, 0.1) is 22.6 Å². The van der Waals surface area contributed by atoms with Gasteiger partial charge in [0, 0.05) is 6.42 Å². The van der Waals surface area contributed by atoms with Gasteiger partial charge in [0.2, 0.25) is 0 Å². The molecule has 0 radical (unpaired) electrons. The molecule has 0 aliphatic rings. The fourth-order valence-electron chi connectivity index (χ4n) is 1.16. The SMILES string of the molecule is O=C(Nc1ncc(C#CCCO)s1)c1cccs1. The summed E-state index contributed by atoms with van der Waals surface area (Å²) in [5, 5.41) is 13.7. The van der Waals surface area contributed by atoms with E-state index in [0.29, 0.717) is 16.4 Å². The maximum Gasteiger partial charge on any atom is 0.267 e. The van der Waals surface area contributed by atoms with Gasteiger partial charge >= 0.3 is 0 Å².